The minimum Gasteiger partial charge on any atom is -0.309 e. The predicted octanol–water partition coefficient (Wildman–Crippen LogP) is 14.4. The number of aromatic nitrogens is 7. The summed E-state index contributed by atoms with van der Waals surface area (Å²) in [5, 5.41) is 5.71. The maximum absolute atomic E-state index is 5.74. The third kappa shape index (κ3) is 5.34. The molecule has 9 aromatic carbocycles. The highest BCUT2D eigenvalue weighted by atomic mass is 15.3. The van der Waals surface area contributed by atoms with Gasteiger partial charge in [0.15, 0.2) is 0 Å². The van der Waals surface area contributed by atoms with Gasteiger partial charge in [0, 0.05) is 55.0 Å². The lowest BCUT2D eigenvalue weighted by Crippen LogP contribution is -2.04. The molecule has 0 aliphatic rings. The van der Waals surface area contributed by atoms with Gasteiger partial charge in [0.05, 0.1) is 55.7 Å². The normalized spacial score (nSPS) is 11.9. The fraction of sp³-hybridized carbons (Fsp3) is 0. The number of fused-ring (bicyclic) bond motifs is 10. The minimum absolute atomic E-state index is 0.560. The van der Waals surface area contributed by atoms with Gasteiger partial charge in [-0.2, -0.15) is 0 Å². The standard InChI is InChI=1S/C59H37N7/c1-4-18-38(19-5-1)55-45-26-10-13-27-48(45)60-58(61-55)66-54-31-17-16-30-53(54)65-57(40-33-35-52-47(37-40)44-25-12-15-29-50(44)64(52)42-22-8-3-9-23-42)56(62-59(65)66)39-32-34-51-46(36-39)43-24-11-14-28-49(43)63(51)41-20-6-2-7-21-41/h1-37H. The maximum atomic E-state index is 5.74. The second-order valence-electron chi connectivity index (χ2n) is 16.9. The highest BCUT2D eigenvalue weighted by Gasteiger charge is 2.27. The molecule has 0 atom stereocenters. The van der Waals surface area contributed by atoms with Crippen LogP contribution in [0.1, 0.15) is 0 Å². The van der Waals surface area contributed by atoms with Crippen molar-refractivity contribution in [2.24, 2.45) is 0 Å². The van der Waals surface area contributed by atoms with Crippen LogP contribution < -0.4 is 0 Å². The van der Waals surface area contributed by atoms with Crippen molar-refractivity contribution < 1.29 is 0 Å². The topological polar surface area (TPSA) is 57.9 Å². The van der Waals surface area contributed by atoms with Crippen molar-refractivity contribution in [3.63, 3.8) is 0 Å². The SMILES string of the molecule is c1ccc(-c2nc(-n3c4ccccc4n4c(-c5ccc6c(c5)c5ccccc5n6-c5ccccc5)c(-c5ccc6c(c5)c5ccccc5n6-c5ccccc5)nc34)nc3ccccc23)cc1. The van der Waals surface area contributed by atoms with Crippen molar-refractivity contribution >= 4 is 71.3 Å². The number of para-hydroxylation sites is 7. The van der Waals surface area contributed by atoms with Crippen LogP contribution in [-0.2, 0) is 0 Å². The quantitative estimate of drug-likeness (QED) is 0.168. The van der Waals surface area contributed by atoms with Crippen molar-refractivity contribution in [2.75, 3.05) is 0 Å². The van der Waals surface area contributed by atoms with Gasteiger partial charge in [-0.15, -0.1) is 0 Å². The first-order valence-corrected chi connectivity index (χ1v) is 22.3. The van der Waals surface area contributed by atoms with E-state index in [1.54, 1.807) is 0 Å². The number of hydrogen-bond donors (Lipinski definition) is 0. The first kappa shape index (κ1) is 36.4. The van der Waals surface area contributed by atoms with E-state index in [1.165, 1.54) is 16.2 Å². The van der Waals surface area contributed by atoms with Gasteiger partial charge in [0.2, 0.25) is 11.7 Å². The molecule has 0 saturated carbocycles. The summed E-state index contributed by atoms with van der Waals surface area (Å²) in [6.07, 6.45) is 0. The van der Waals surface area contributed by atoms with Crippen LogP contribution in [0.3, 0.4) is 0 Å². The van der Waals surface area contributed by atoms with E-state index in [1.807, 2.05) is 12.1 Å². The number of hydrogen-bond acceptors (Lipinski definition) is 3. The molecule has 5 heterocycles. The molecule has 0 saturated heterocycles. The number of imidazole rings is 2. The minimum atomic E-state index is 0.560. The Morgan fingerprint density at radius 2 is 0.773 bits per heavy atom. The van der Waals surface area contributed by atoms with E-state index in [0.717, 1.165) is 100 Å². The zero-order chi connectivity index (χ0) is 43.3. The van der Waals surface area contributed by atoms with Gasteiger partial charge in [-0.3, -0.25) is 4.40 Å². The summed E-state index contributed by atoms with van der Waals surface area (Å²) in [4.78, 5) is 16.4. The Bertz CT molecular complexity index is 4210. The molecule has 0 aliphatic heterocycles. The zero-order valence-electron chi connectivity index (χ0n) is 35.5. The monoisotopic (exact) mass is 843 g/mol. The molecule has 0 unspecified atom stereocenters. The molecule has 5 aromatic heterocycles. The van der Waals surface area contributed by atoms with Crippen molar-refractivity contribution in [3.05, 3.63) is 224 Å². The summed E-state index contributed by atoms with van der Waals surface area (Å²) in [6.45, 7) is 0. The third-order valence-electron chi connectivity index (χ3n) is 13.2. The van der Waals surface area contributed by atoms with Crippen molar-refractivity contribution in [1.82, 2.24) is 33.1 Å². The summed E-state index contributed by atoms with van der Waals surface area (Å²) >= 11 is 0. The highest BCUT2D eigenvalue weighted by Crippen LogP contribution is 2.43. The summed E-state index contributed by atoms with van der Waals surface area (Å²) in [6, 6.07) is 79.5. The van der Waals surface area contributed by atoms with Gasteiger partial charge in [0.1, 0.15) is 0 Å². The van der Waals surface area contributed by atoms with Gasteiger partial charge >= 0.3 is 0 Å². The molecule has 0 radical (unpaired) electrons. The van der Waals surface area contributed by atoms with Gasteiger partial charge in [-0.1, -0.05) is 146 Å². The lowest BCUT2D eigenvalue weighted by atomic mass is 10.0. The molecule has 66 heavy (non-hydrogen) atoms. The van der Waals surface area contributed by atoms with E-state index >= 15 is 0 Å². The van der Waals surface area contributed by atoms with Crippen LogP contribution in [-0.4, -0.2) is 33.1 Å². The lowest BCUT2D eigenvalue weighted by molar-refractivity contribution is 0.984. The van der Waals surface area contributed by atoms with Gasteiger partial charge in [-0.25, -0.2) is 19.5 Å². The van der Waals surface area contributed by atoms with Crippen LogP contribution in [0.2, 0.25) is 0 Å². The summed E-state index contributed by atoms with van der Waals surface area (Å²) in [5.41, 5.74) is 15.5. The molecule has 0 fully saturated rings. The molecule has 7 heteroatoms. The molecule has 0 amide bonds. The highest BCUT2D eigenvalue weighted by molar-refractivity contribution is 6.12. The van der Waals surface area contributed by atoms with Gasteiger partial charge in [0.25, 0.3) is 0 Å². The predicted molar refractivity (Wildman–Crippen MR) is 270 cm³/mol. The maximum Gasteiger partial charge on any atom is 0.238 e. The van der Waals surface area contributed by atoms with Gasteiger partial charge in [-0.05, 0) is 78.9 Å². The van der Waals surface area contributed by atoms with E-state index in [0.29, 0.717) is 5.95 Å². The van der Waals surface area contributed by atoms with Crippen LogP contribution in [0.15, 0.2) is 224 Å². The molecule has 0 bridgehead atoms. The fourth-order valence-corrected chi connectivity index (χ4v) is 10.3. The Labute approximate surface area is 378 Å². The summed E-state index contributed by atoms with van der Waals surface area (Å²) < 4.78 is 9.19. The molecule has 14 rings (SSSR count). The van der Waals surface area contributed by atoms with Crippen molar-refractivity contribution in [2.45, 2.75) is 0 Å². The van der Waals surface area contributed by atoms with Gasteiger partial charge < -0.3 is 9.13 Å². The molecule has 0 aliphatic carbocycles. The van der Waals surface area contributed by atoms with E-state index in [-0.39, 0.29) is 0 Å². The van der Waals surface area contributed by atoms with E-state index in [9.17, 15) is 0 Å². The average molecular weight is 844 g/mol. The number of rotatable bonds is 6. The first-order valence-electron chi connectivity index (χ1n) is 22.3. The second kappa shape index (κ2) is 14.2. The number of nitrogens with zero attached hydrogens (tertiary/aromatic N) is 7. The molecular formula is C59H37N7. The Kier molecular flexibility index (Phi) is 7.85. The van der Waals surface area contributed by atoms with Crippen LogP contribution >= 0.6 is 0 Å². The molecule has 0 spiro atoms. The molecule has 0 N–H and O–H groups in total. The summed E-state index contributed by atoms with van der Waals surface area (Å²) in [5.74, 6) is 1.29. The fourth-order valence-electron chi connectivity index (χ4n) is 10.3. The number of benzene rings is 9. The van der Waals surface area contributed by atoms with Crippen LogP contribution in [0.25, 0.3) is 122 Å². The van der Waals surface area contributed by atoms with E-state index < -0.39 is 0 Å². The van der Waals surface area contributed by atoms with E-state index in [4.69, 9.17) is 15.0 Å². The molecule has 308 valence electrons. The molecule has 14 aromatic rings. The van der Waals surface area contributed by atoms with Crippen LogP contribution in [0, 0.1) is 0 Å². The third-order valence-corrected chi connectivity index (χ3v) is 13.2. The van der Waals surface area contributed by atoms with Crippen molar-refractivity contribution in [1.29, 1.82) is 0 Å². The largest absolute Gasteiger partial charge is 0.309 e. The zero-order valence-corrected chi connectivity index (χ0v) is 35.5. The summed E-state index contributed by atoms with van der Waals surface area (Å²) in [7, 11) is 0. The van der Waals surface area contributed by atoms with Crippen LogP contribution in [0.4, 0.5) is 0 Å². The van der Waals surface area contributed by atoms with Crippen LogP contribution in [0.5, 0.6) is 0 Å². The second-order valence-corrected chi connectivity index (χ2v) is 16.9. The van der Waals surface area contributed by atoms with Crippen molar-refractivity contribution in [3.8, 4) is 51.1 Å². The smallest absolute Gasteiger partial charge is 0.238 e. The lowest BCUT2D eigenvalue weighted by Gasteiger charge is -2.10. The Hall–Kier alpha value is -9.07. The Morgan fingerprint density at radius 3 is 1.41 bits per heavy atom. The first-order chi connectivity index (χ1) is 32.8. The van der Waals surface area contributed by atoms with E-state index in [2.05, 4.69) is 230 Å². The average Bonchev–Trinajstić information content (AvgIpc) is 4.12. The Balaban J connectivity index is 1.09. The molecule has 7 nitrogen and oxygen atoms in total. The Morgan fingerprint density at radius 1 is 0.288 bits per heavy atom. The molecular weight excluding hydrogens is 807 g/mol.